The van der Waals surface area contributed by atoms with E-state index in [-0.39, 0.29) is 18.4 Å². The molecule has 0 aromatic heterocycles. The van der Waals surface area contributed by atoms with Gasteiger partial charge in [0.25, 0.3) is 5.91 Å². The van der Waals surface area contributed by atoms with Crippen LogP contribution in [0.1, 0.15) is 10.4 Å². The molecule has 1 aromatic carbocycles. The van der Waals surface area contributed by atoms with Gasteiger partial charge in [0.1, 0.15) is 0 Å². The van der Waals surface area contributed by atoms with Crippen molar-refractivity contribution >= 4 is 33.4 Å². The lowest BCUT2D eigenvalue weighted by atomic mass is 10.2. The Morgan fingerprint density at radius 2 is 1.83 bits per heavy atom. The normalized spacial score (nSPS) is 10.0. The van der Waals surface area contributed by atoms with Gasteiger partial charge in [-0.1, -0.05) is 15.9 Å². The molecule has 0 aliphatic heterocycles. The fourth-order valence-electron chi connectivity index (χ4n) is 1.37. The molecule has 0 fully saturated rings. The number of nitrogens with zero attached hydrogens (tertiary/aromatic N) is 2. The molecule has 18 heavy (non-hydrogen) atoms. The van der Waals surface area contributed by atoms with E-state index < -0.39 is 0 Å². The molecule has 1 rings (SSSR count). The largest absolute Gasteiger partial charge is 0.399 e. The zero-order valence-electron chi connectivity index (χ0n) is 10.6. The predicted molar refractivity (Wildman–Crippen MR) is 74.2 cm³/mol. The summed E-state index contributed by atoms with van der Waals surface area (Å²) in [6.45, 7) is 0.0399. The van der Waals surface area contributed by atoms with Crippen LogP contribution in [0.5, 0.6) is 0 Å². The molecule has 0 saturated carbocycles. The third-order valence-corrected chi connectivity index (χ3v) is 2.84. The summed E-state index contributed by atoms with van der Waals surface area (Å²) in [5.74, 6) is -0.369. The van der Waals surface area contributed by atoms with Crippen molar-refractivity contribution in [3.63, 3.8) is 0 Å². The predicted octanol–water partition coefficient (Wildman–Crippen LogP) is 1.19. The highest BCUT2D eigenvalue weighted by atomic mass is 79.9. The molecule has 0 radical (unpaired) electrons. The van der Waals surface area contributed by atoms with Crippen LogP contribution in [-0.2, 0) is 4.79 Å². The molecule has 0 bridgehead atoms. The van der Waals surface area contributed by atoms with Crippen molar-refractivity contribution in [1.82, 2.24) is 9.80 Å². The summed E-state index contributed by atoms with van der Waals surface area (Å²) in [6.07, 6.45) is 0. The molecule has 1 aromatic rings. The maximum Gasteiger partial charge on any atom is 0.254 e. The van der Waals surface area contributed by atoms with E-state index in [1.54, 1.807) is 39.3 Å². The standard InChI is InChI=1S/C12H16BrN3O2/c1-15(2)11(17)7-16(3)12(18)8-4-9(13)6-10(14)5-8/h4-6H,7,14H2,1-3H3. The molecule has 0 unspecified atom stereocenters. The summed E-state index contributed by atoms with van der Waals surface area (Å²) in [6, 6.07) is 4.97. The monoisotopic (exact) mass is 313 g/mol. The van der Waals surface area contributed by atoms with Gasteiger partial charge in [0.15, 0.2) is 0 Å². The fourth-order valence-corrected chi connectivity index (χ4v) is 1.88. The van der Waals surface area contributed by atoms with Crippen LogP contribution in [0.15, 0.2) is 22.7 Å². The number of hydrogen-bond donors (Lipinski definition) is 1. The first-order valence-electron chi connectivity index (χ1n) is 5.33. The molecule has 2 amide bonds. The van der Waals surface area contributed by atoms with Crippen LogP contribution in [0.25, 0.3) is 0 Å². The minimum absolute atomic E-state index is 0.0399. The lowest BCUT2D eigenvalue weighted by Crippen LogP contribution is -2.37. The number of halogens is 1. The molecular formula is C12H16BrN3O2. The van der Waals surface area contributed by atoms with Crippen LogP contribution in [0.4, 0.5) is 5.69 Å². The summed E-state index contributed by atoms with van der Waals surface area (Å²) < 4.78 is 0.734. The Labute approximate surface area is 115 Å². The number of nitrogens with two attached hydrogens (primary N) is 1. The summed E-state index contributed by atoms with van der Waals surface area (Å²) in [7, 11) is 4.89. The molecule has 6 heteroatoms. The lowest BCUT2D eigenvalue weighted by molar-refractivity contribution is -0.129. The molecule has 5 nitrogen and oxygen atoms in total. The van der Waals surface area contributed by atoms with Gasteiger partial charge in [0.05, 0.1) is 6.54 Å². The highest BCUT2D eigenvalue weighted by molar-refractivity contribution is 9.10. The van der Waals surface area contributed by atoms with E-state index in [4.69, 9.17) is 5.73 Å². The number of benzene rings is 1. The number of hydrogen-bond acceptors (Lipinski definition) is 3. The Hall–Kier alpha value is -1.56. The van der Waals surface area contributed by atoms with Crippen molar-refractivity contribution in [3.8, 4) is 0 Å². The zero-order valence-corrected chi connectivity index (χ0v) is 12.2. The van der Waals surface area contributed by atoms with Crippen molar-refractivity contribution < 1.29 is 9.59 Å². The number of amides is 2. The second-order valence-electron chi connectivity index (χ2n) is 4.22. The average molecular weight is 314 g/mol. The molecule has 98 valence electrons. The van der Waals surface area contributed by atoms with Crippen LogP contribution >= 0.6 is 15.9 Å². The van der Waals surface area contributed by atoms with Gasteiger partial charge < -0.3 is 15.5 Å². The molecule has 0 atom stereocenters. The molecule has 0 spiro atoms. The van der Waals surface area contributed by atoms with Gasteiger partial charge in [-0.25, -0.2) is 0 Å². The van der Waals surface area contributed by atoms with Crippen molar-refractivity contribution in [1.29, 1.82) is 0 Å². The number of anilines is 1. The second kappa shape index (κ2) is 5.86. The van der Waals surface area contributed by atoms with Crippen LogP contribution in [0, 0.1) is 0 Å². The van der Waals surface area contributed by atoms with Crippen molar-refractivity contribution in [3.05, 3.63) is 28.2 Å². The number of rotatable bonds is 3. The molecular weight excluding hydrogens is 298 g/mol. The van der Waals surface area contributed by atoms with Crippen LogP contribution in [-0.4, -0.2) is 49.3 Å². The minimum Gasteiger partial charge on any atom is -0.399 e. The minimum atomic E-state index is -0.238. The number of likely N-dealkylation sites (N-methyl/N-ethyl adjacent to an activating group) is 2. The van der Waals surface area contributed by atoms with Crippen LogP contribution < -0.4 is 5.73 Å². The number of nitrogen functional groups attached to an aromatic ring is 1. The van der Waals surface area contributed by atoms with Crippen molar-refractivity contribution in [2.24, 2.45) is 0 Å². The van der Waals surface area contributed by atoms with E-state index in [2.05, 4.69) is 15.9 Å². The average Bonchev–Trinajstić information content (AvgIpc) is 2.26. The van der Waals surface area contributed by atoms with E-state index in [0.717, 1.165) is 4.47 Å². The van der Waals surface area contributed by atoms with E-state index in [0.29, 0.717) is 11.3 Å². The quantitative estimate of drug-likeness (QED) is 0.852. The molecule has 0 saturated heterocycles. The highest BCUT2D eigenvalue weighted by Crippen LogP contribution is 2.18. The SMILES string of the molecule is CN(C)C(=O)CN(C)C(=O)c1cc(N)cc(Br)c1. The molecule has 0 aliphatic rings. The molecule has 0 heterocycles. The third-order valence-electron chi connectivity index (χ3n) is 2.38. The first-order valence-corrected chi connectivity index (χ1v) is 6.12. The Morgan fingerprint density at radius 3 is 2.33 bits per heavy atom. The zero-order chi connectivity index (χ0) is 13.9. The van der Waals surface area contributed by atoms with Crippen LogP contribution in [0.2, 0.25) is 0 Å². The molecule has 2 N–H and O–H groups in total. The first-order chi connectivity index (χ1) is 8.31. The summed E-state index contributed by atoms with van der Waals surface area (Å²) in [4.78, 5) is 26.4. The Balaban J connectivity index is 2.83. The Bertz CT molecular complexity index is 454. The second-order valence-corrected chi connectivity index (χ2v) is 5.14. The number of carbonyl (C=O) groups excluding carboxylic acids is 2. The van der Waals surface area contributed by atoms with Gasteiger partial charge in [0.2, 0.25) is 5.91 Å². The maximum absolute atomic E-state index is 12.1. The third kappa shape index (κ3) is 3.73. The lowest BCUT2D eigenvalue weighted by Gasteiger charge is -2.19. The maximum atomic E-state index is 12.1. The van der Waals surface area contributed by atoms with E-state index >= 15 is 0 Å². The first kappa shape index (κ1) is 14.5. The van der Waals surface area contributed by atoms with Gasteiger partial charge in [-0.15, -0.1) is 0 Å². The molecule has 0 aliphatic carbocycles. The summed E-state index contributed by atoms with van der Waals surface area (Å²) in [5.41, 5.74) is 6.63. The summed E-state index contributed by atoms with van der Waals surface area (Å²) in [5, 5.41) is 0. The van der Waals surface area contributed by atoms with Gasteiger partial charge in [0, 0.05) is 36.9 Å². The van der Waals surface area contributed by atoms with Gasteiger partial charge in [-0.05, 0) is 18.2 Å². The Morgan fingerprint density at radius 1 is 1.22 bits per heavy atom. The van der Waals surface area contributed by atoms with Crippen LogP contribution in [0.3, 0.4) is 0 Å². The summed E-state index contributed by atoms with van der Waals surface area (Å²) >= 11 is 3.28. The van der Waals surface area contributed by atoms with Crippen molar-refractivity contribution in [2.45, 2.75) is 0 Å². The van der Waals surface area contributed by atoms with Gasteiger partial charge >= 0.3 is 0 Å². The fraction of sp³-hybridized carbons (Fsp3) is 0.333. The van der Waals surface area contributed by atoms with E-state index in [1.807, 2.05) is 0 Å². The van der Waals surface area contributed by atoms with Gasteiger partial charge in [-0.2, -0.15) is 0 Å². The van der Waals surface area contributed by atoms with Gasteiger partial charge in [-0.3, -0.25) is 9.59 Å². The van der Waals surface area contributed by atoms with E-state index in [9.17, 15) is 9.59 Å². The highest BCUT2D eigenvalue weighted by Gasteiger charge is 2.16. The topological polar surface area (TPSA) is 66.6 Å². The number of carbonyl (C=O) groups is 2. The van der Waals surface area contributed by atoms with E-state index in [1.165, 1.54) is 9.80 Å². The smallest absolute Gasteiger partial charge is 0.254 e. The Kier molecular flexibility index (Phi) is 4.72. The van der Waals surface area contributed by atoms with Crippen molar-refractivity contribution in [2.75, 3.05) is 33.4 Å².